The first-order chi connectivity index (χ1) is 10.5. The van der Waals surface area contributed by atoms with Crippen LogP contribution in [0.2, 0.25) is 0 Å². The average Bonchev–Trinajstić information content (AvgIpc) is 3.06. The molecule has 2 aliphatic rings. The van der Waals surface area contributed by atoms with Crippen molar-refractivity contribution in [2.45, 2.75) is 38.8 Å². The van der Waals surface area contributed by atoms with Crippen LogP contribution in [0.5, 0.6) is 0 Å². The van der Waals surface area contributed by atoms with Gasteiger partial charge in [0.25, 0.3) is 0 Å². The first-order valence-corrected chi connectivity index (χ1v) is 8.63. The lowest BCUT2D eigenvalue weighted by molar-refractivity contribution is -0.130. The summed E-state index contributed by atoms with van der Waals surface area (Å²) >= 11 is 1.68. The van der Waals surface area contributed by atoms with Gasteiger partial charge in [-0.25, -0.2) is 4.98 Å². The highest BCUT2D eigenvalue weighted by atomic mass is 32.1. The van der Waals surface area contributed by atoms with Gasteiger partial charge in [0.05, 0.1) is 16.6 Å². The van der Waals surface area contributed by atoms with Crippen LogP contribution in [-0.4, -0.2) is 52.3 Å². The van der Waals surface area contributed by atoms with Crippen molar-refractivity contribution in [1.29, 1.82) is 0 Å². The fourth-order valence-corrected chi connectivity index (χ4v) is 3.98. The second-order valence-corrected chi connectivity index (χ2v) is 7.28. The predicted octanol–water partition coefficient (Wildman–Crippen LogP) is 0.750. The number of likely N-dealkylation sites (tertiary alicyclic amines) is 2. The normalized spacial score (nSPS) is 24.1. The standard InChI is InChI=1S/C15H22N4O2S/c1-10-17-12(9-22-10)8-18-4-2-13(3-5-18)19-7-11(15(16)21)6-14(19)20/h9,11,13H,2-8H2,1H3,(H2,16,21). The van der Waals surface area contributed by atoms with E-state index in [1.54, 1.807) is 11.3 Å². The third kappa shape index (κ3) is 3.30. The van der Waals surface area contributed by atoms with Gasteiger partial charge >= 0.3 is 0 Å². The number of rotatable bonds is 4. The molecule has 0 aliphatic carbocycles. The molecule has 2 aliphatic heterocycles. The Hall–Kier alpha value is -1.47. The summed E-state index contributed by atoms with van der Waals surface area (Å²) in [5.74, 6) is -0.576. The number of carbonyl (C=O) groups excluding carboxylic acids is 2. The molecule has 2 fully saturated rings. The lowest BCUT2D eigenvalue weighted by Gasteiger charge is -2.36. The third-order valence-corrected chi connectivity index (χ3v) is 5.43. The highest BCUT2D eigenvalue weighted by Crippen LogP contribution is 2.26. The van der Waals surface area contributed by atoms with Crippen LogP contribution in [0, 0.1) is 12.8 Å². The third-order valence-electron chi connectivity index (χ3n) is 4.61. The molecule has 1 unspecified atom stereocenters. The number of hydrogen-bond donors (Lipinski definition) is 1. The van der Waals surface area contributed by atoms with Gasteiger partial charge in [-0.1, -0.05) is 0 Å². The molecule has 0 aromatic carbocycles. The zero-order valence-electron chi connectivity index (χ0n) is 12.8. The molecule has 120 valence electrons. The lowest BCUT2D eigenvalue weighted by Crippen LogP contribution is -2.45. The molecule has 0 saturated carbocycles. The van der Waals surface area contributed by atoms with Crippen LogP contribution in [0.4, 0.5) is 0 Å². The SMILES string of the molecule is Cc1nc(CN2CCC(N3CC(C(N)=O)CC3=O)CC2)cs1. The van der Waals surface area contributed by atoms with Gasteiger partial charge < -0.3 is 10.6 Å². The molecule has 0 bridgehead atoms. The quantitative estimate of drug-likeness (QED) is 0.887. The van der Waals surface area contributed by atoms with Crippen molar-refractivity contribution in [3.63, 3.8) is 0 Å². The summed E-state index contributed by atoms with van der Waals surface area (Å²) in [6.45, 7) is 5.34. The van der Waals surface area contributed by atoms with Gasteiger partial charge in [-0.15, -0.1) is 11.3 Å². The first-order valence-electron chi connectivity index (χ1n) is 7.75. The Morgan fingerprint density at radius 3 is 2.73 bits per heavy atom. The Bertz CT molecular complexity index is 566. The maximum Gasteiger partial charge on any atom is 0.223 e. The van der Waals surface area contributed by atoms with Gasteiger partial charge in [-0.3, -0.25) is 14.5 Å². The minimum atomic E-state index is -0.354. The molecule has 2 saturated heterocycles. The van der Waals surface area contributed by atoms with E-state index in [4.69, 9.17) is 5.73 Å². The van der Waals surface area contributed by atoms with Crippen LogP contribution in [0.1, 0.15) is 30.0 Å². The van der Waals surface area contributed by atoms with Crippen molar-refractivity contribution in [2.75, 3.05) is 19.6 Å². The number of carbonyl (C=O) groups is 2. The first kappa shape index (κ1) is 15.4. The topological polar surface area (TPSA) is 79.5 Å². The Kier molecular flexibility index (Phi) is 4.44. The zero-order chi connectivity index (χ0) is 15.7. The second-order valence-electron chi connectivity index (χ2n) is 6.21. The van der Waals surface area contributed by atoms with Crippen LogP contribution >= 0.6 is 11.3 Å². The molecular weight excluding hydrogens is 300 g/mol. The number of primary amides is 1. The molecule has 1 atom stereocenters. The molecule has 2 amide bonds. The summed E-state index contributed by atoms with van der Waals surface area (Å²) in [6.07, 6.45) is 2.20. The van der Waals surface area contributed by atoms with Crippen molar-refractivity contribution < 1.29 is 9.59 Å². The Balaban J connectivity index is 1.51. The Morgan fingerprint density at radius 1 is 1.45 bits per heavy atom. The molecule has 0 radical (unpaired) electrons. The smallest absolute Gasteiger partial charge is 0.223 e. The van der Waals surface area contributed by atoms with Gasteiger partial charge in [0.2, 0.25) is 11.8 Å². The van der Waals surface area contributed by atoms with Crippen molar-refractivity contribution in [2.24, 2.45) is 11.7 Å². The van der Waals surface area contributed by atoms with Crippen LogP contribution in [0.15, 0.2) is 5.38 Å². The van der Waals surface area contributed by atoms with Crippen LogP contribution in [0.3, 0.4) is 0 Å². The van der Waals surface area contributed by atoms with Crippen LogP contribution < -0.4 is 5.73 Å². The van der Waals surface area contributed by atoms with E-state index in [-0.39, 0.29) is 30.2 Å². The molecule has 3 rings (SSSR count). The fourth-order valence-electron chi connectivity index (χ4n) is 3.37. The van der Waals surface area contributed by atoms with E-state index >= 15 is 0 Å². The van der Waals surface area contributed by atoms with E-state index in [1.807, 2.05) is 11.8 Å². The Labute approximate surface area is 134 Å². The van der Waals surface area contributed by atoms with E-state index in [2.05, 4.69) is 15.3 Å². The van der Waals surface area contributed by atoms with Gasteiger partial charge in [0, 0.05) is 44.0 Å². The second kappa shape index (κ2) is 6.34. The van der Waals surface area contributed by atoms with E-state index in [9.17, 15) is 9.59 Å². The van der Waals surface area contributed by atoms with Gasteiger partial charge in [0.15, 0.2) is 0 Å². The summed E-state index contributed by atoms with van der Waals surface area (Å²) in [5.41, 5.74) is 6.46. The minimum absolute atomic E-state index is 0.0809. The molecule has 7 heteroatoms. The van der Waals surface area contributed by atoms with Crippen molar-refractivity contribution in [1.82, 2.24) is 14.8 Å². The van der Waals surface area contributed by atoms with Gasteiger partial charge in [-0.05, 0) is 19.8 Å². The van der Waals surface area contributed by atoms with Crippen molar-refractivity contribution in [3.8, 4) is 0 Å². The molecule has 22 heavy (non-hydrogen) atoms. The van der Waals surface area contributed by atoms with Gasteiger partial charge in [-0.2, -0.15) is 0 Å². The highest BCUT2D eigenvalue weighted by molar-refractivity contribution is 7.09. The number of piperidine rings is 1. The number of nitrogens with zero attached hydrogens (tertiary/aromatic N) is 3. The summed E-state index contributed by atoms with van der Waals surface area (Å²) < 4.78 is 0. The van der Waals surface area contributed by atoms with Crippen molar-refractivity contribution >= 4 is 23.2 Å². The van der Waals surface area contributed by atoms with Gasteiger partial charge in [0.1, 0.15) is 0 Å². The maximum atomic E-state index is 12.1. The molecule has 2 N–H and O–H groups in total. The molecule has 6 nitrogen and oxygen atoms in total. The largest absolute Gasteiger partial charge is 0.369 e. The number of amides is 2. The predicted molar refractivity (Wildman–Crippen MR) is 84.2 cm³/mol. The van der Waals surface area contributed by atoms with Crippen LogP contribution in [-0.2, 0) is 16.1 Å². The number of hydrogen-bond acceptors (Lipinski definition) is 5. The number of aromatic nitrogens is 1. The molecular formula is C15H22N4O2S. The monoisotopic (exact) mass is 322 g/mol. The summed E-state index contributed by atoms with van der Waals surface area (Å²) in [6, 6.07) is 0.255. The molecule has 1 aromatic rings. The fraction of sp³-hybridized carbons (Fsp3) is 0.667. The number of nitrogens with two attached hydrogens (primary N) is 1. The van der Waals surface area contributed by atoms with Crippen molar-refractivity contribution in [3.05, 3.63) is 16.1 Å². The summed E-state index contributed by atoms with van der Waals surface area (Å²) in [4.78, 5) is 32.1. The van der Waals surface area contributed by atoms with E-state index in [0.717, 1.165) is 43.2 Å². The Morgan fingerprint density at radius 2 is 2.18 bits per heavy atom. The summed E-state index contributed by atoms with van der Waals surface area (Å²) in [5, 5.41) is 3.22. The highest BCUT2D eigenvalue weighted by Gasteiger charge is 2.37. The van der Waals surface area contributed by atoms with E-state index in [0.29, 0.717) is 6.54 Å². The zero-order valence-corrected chi connectivity index (χ0v) is 13.6. The number of thiazole rings is 1. The lowest BCUT2D eigenvalue weighted by atomic mass is 10.0. The molecule has 1 aromatic heterocycles. The number of aryl methyl sites for hydroxylation is 1. The average molecular weight is 322 g/mol. The summed E-state index contributed by atoms with van der Waals surface area (Å²) in [7, 11) is 0. The molecule has 0 spiro atoms. The molecule has 3 heterocycles. The van der Waals surface area contributed by atoms with Crippen LogP contribution in [0.25, 0.3) is 0 Å². The minimum Gasteiger partial charge on any atom is -0.369 e. The maximum absolute atomic E-state index is 12.1. The van der Waals surface area contributed by atoms with E-state index in [1.165, 1.54) is 0 Å². The van der Waals surface area contributed by atoms with E-state index < -0.39 is 0 Å².